The Morgan fingerprint density at radius 1 is 1.20 bits per heavy atom. The molecule has 6 nitrogen and oxygen atoms in total. The molecule has 0 aromatic carbocycles. The maximum atomic E-state index is 13.3. The third-order valence-electron chi connectivity index (χ3n) is 3.43. The topological polar surface area (TPSA) is 78.9 Å². The van der Waals surface area contributed by atoms with E-state index in [1.165, 1.54) is 6.92 Å². The minimum Gasteiger partial charge on any atom is -0.467 e. The Morgan fingerprint density at radius 2 is 1.72 bits per heavy atom. The van der Waals surface area contributed by atoms with Crippen LogP contribution in [0.4, 0.5) is 26.3 Å². The van der Waals surface area contributed by atoms with Crippen LogP contribution in [0.1, 0.15) is 27.2 Å². The summed E-state index contributed by atoms with van der Waals surface area (Å²) < 4.78 is 113. The molecular weight excluding hydrogens is 386 g/mol. The predicted molar refractivity (Wildman–Crippen MR) is 69.0 cm³/mol. The van der Waals surface area contributed by atoms with Crippen molar-refractivity contribution in [2.24, 2.45) is 5.92 Å². The van der Waals surface area contributed by atoms with Gasteiger partial charge in [-0.15, -0.1) is 0 Å². The molecule has 13 heteroatoms. The summed E-state index contributed by atoms with van der Waals surface area (Å²) in [4.78, 5) is 11.7. The first-order valence-electron chi connectivity index (χ1n) is 6.80. The summed E-state index contributed by atoms with van der Waals surface area (Å²) in [7, 11) is -6.31. The summed E-state index contributed by atoms with van der Waals surface area (Å²) in [5.41, 5.74) is -9.07. The van der Waals surface area contributed by atoms with Gasteiger partial charge < -0.3 is 13.7 Å². The van der Waals surface area contributed by atoms with E-state index < -0.39 is 57.2 Å². The van der Waals surface area contributed by atoms with Crippen LogP contribution < -0.4 is 0 Å². The highest BCUT2D eigenvalue weighted by Crippen LogP contribution is 2.51. The zero-order chi connectivity index (χ0) is 19.8. The van der Waals surface area contributed by atoms with Crippen molar-refractivity contribution in [2.75, 3.05) is 6.61 Å². The number of ether oxygens (including phenoxy) is 2. The van der Waals surface area contributed by atoms with Gasteiger partial charge in [-0.3, -0.25) is 0 Å². The van der Waals surface area contributed by atoms with Gasteiger partial charge >= 0.3 is 27.8 Å². The Morgan fingerprint density at radius 3 is 2.08 bits per heavy atom. The number of alkyl halides is 6. The summed E-state index contributed by atoms with van der Waals surface area (Å²) in [6.07, 6.45) is -5.67. The summed E-state index contributed by atoms with van der Waals surface area (Å²) >= 11 is 0. The third-order valence-corrected chi connectivity index (χ3v) is 4.40. The molecule has 0 spiro atoms. The number of carbonyl (C=O) groups is 1. The quantitative estimate of drug-likeness (QED) is 0.306. The largest absolute Gasteiger partial charge is 0.534 e. The van der Waals surface area contributed by atoms with Gasteiger partial charge in [-0.2, -0.15) is 34.8 Å². The molecule has 0 aromatic rings. The van der Waals surface area contributed by atoms with Gasteiger partial charge in [0.2, 0.25) is 11.4 Å². The molecule has 0 fully saturated rings. The second-order valence-corrected chi connectivity index (χ2v) is 6.60. The highest BCUT2D eigenvalue weighted by Gasteiger charge is 2.66. The molecule has 0 saturated heterocycles. The van der Waals surface area contributed by atoms with Crippen LogP contribution in [0.2, 0.25) is 0 Å². The van der Waals surface area contributed by atoms with Crippen molar-refractivity contribution in [1.82, 2.24) is 0 Å². The van der Waals surface area contributed by atoms with Gasteiger partial charge in [0.1, 0.15) is 0 Å². The first-order valence-corrected chi connectivity index (χ1v) is 8.21. The Bertz CT molecular complexity index is 665. The first-order chi connectivity index (χ1) is 11.1. The zero-order valence-corrected chi connectivity index (χ0v) is 13.9. The van der Waals surface area contributed by atoms with Gasteiger partial charge in [0.15, 0.2) is 5.76 Å². The number of esters is 1. The van der Waals surface area contributed by atoms with E-state index in [0.29, 0.717) is 6.92 Å². The van der Waals surface area contributed by atoms with E-state index in [2.05, 4.69) is 13.7 Å². The normalized spacial score (nSPS) is 24.9. The Balaban J connectivity index is 3.51. The van der Waals surface area contributed by atoms with Gasteiger partial charge in [-0.05, 0) is 20.3 Å². The molecule has 0 aromatic heterocycles. The molecule has 146 valence electrons. The van der Waals surface area contributed by atoms with Gasteiger partial charge in [0.25, 0.3) is 0 Å². The lowest BCUT2D eigenvalue weighted by molar-refractivity contribution is -0.265. The molecule has 0 saturated carbocycles. The van der Waals surface area contributed by atoms with Crippen molar-refractivity contribution in [1.29, 1.82) is 0 Å². The average Bonchev–Trinajstić information content (AvgIpc) is 2.70. The van der Waals surface area contributed by atoms with Crippen molar-refractivity contribution < 1.29 is 53.2 Å². The van der Waals surface area contributed by atoms with Crippen LogP contribution in [-0.2, 0) is 28.6 Å². The van der Waals surface area contributed by atoms with E-state index in [1.54, 1.807) is 0 Å². The maximum Gasteiger partial charge on any atom is 0.534 e. The van der Waals surface area contributed by atoms with Crippen LogP contribution >= 0.6 is 0 Å². The Hall–Kier alpha value is -1.66. The molecule has 1 rings (SSSR count). The molecule has 0 bridgehead atoms. The summed E-state index contributed by atoms with van der Waals surface area (Å²) in [5, 5.41) is 0. The lowest BCUT2D eigenvalue weighted by Gasteiger charge is -2.32. The van der Waals surface area contributed by atoms with E-state index in [0.717, 1.165) is 6.92 Å². The van der Waals surface area contributed by atoms with Gasteiger partial charge in [0.05, 0.1) is 12.5 Å². The number of rotatable bonds is 5. The van der Waals surface area contributed by atoms with Crippen molar-refractivity contribution in [2.45, 2.75) is 44.5 Å². The molecule has 1 aliphatic rings. The highest BCUT2D eigenvalue weighted by molar-refractivity contribution is 7.87. The van der Waals surface area contributed by atoms with E-state index in [1.807, 2.05) is 0 Å². The molecule has 0 unspecified atom stereocenters. The fourth-order valence-electron chi connectivity index (χ4n) is 2.17. The highest BCUT2D eigenvalue weighted by atomic mass is 32.2. The number of hydrogen-bond donors (Lipinski definition) is 0. The zero-order valence-electron chi connectivity index (χ0n) is 13.1. The summed E-state index contributed by atoms with van der Waals surface area (Å²) in [5.74, 6) is -6.33. The van der Waals surface area contributed by atoms with Crippen LogP contribution in [0.25, 0.3) is 0 Å². The molecule has 1 heterocycles. The number of carbonyl (C=O) groups excluding carboxylic acids is 1. The molecule has 0 amide bonds. The smallest absolute Gasteiger partial charge is 0.467 e. The molecule has 25 heavy (non-hydrogen) atoms. The first kappa shape index (κ1) is 21.4. The number of halogens is 6. The standard InChI is InChI=1S/C12H14F6O6S/c1-4-6-7(24-25(20,21)12(16,17)18)8(9(19)22-5-2)23-10(6,3)11(13,14)15/h6H,4-5H2,1-3H3/t6-,10+/m0/s1. The van der Waals surface area contributed by atoms with Gasteiger partial charge in [-0.1, -0.05) is 6.92 Å². The van der Waals surface area contributed by atoms with Crippen molar-refractivity contribution in [3.05, 3.63) is 11.5 Å². The van der Waals surface area contributed by atoms with Crippen molar-refractivity contribution in [3.63, 3.8) is 0 Å². The van der Waals surface area contributed by atoms with Gasteiger partial charge in [0, 0.05) is 0 Å². The van der Waals surface area contributed by atoms with E-state index in [4.69, 9.17) is 0 Å². The van der Waals surface area contributed by atoms with E-state index in [-0.39, 0.29) is 6.61 Å². The van der Waals surface area contributed by atoms with E-state index in [9.17, 15) is 39.6 Å². The fourth-order valence-corrected chi connectivity index (χ4v) is 2.70. The average molecular weight is 400 g/mol. The predicted octanol–water partition coefficient (Wildman–Crippen LogP) is 3.00. The van der Waals surface area contributed by atoms with Crippen LogP contribution in [-0.4, -0.2) is 38.3 Å². The SMILES string of the molecule is CCOC(=O)C1=C(OS(=O)(=O)C(F)(F)F)[C@H](CC)[C@](C)(C(F)(F)F)O1. The second-order valence-electron chi connectivity index (χ2n) is 5.06. The third kappa shape index (κ3) is 3.80. The number of hydrogen-bond acceptors (Lipinski definition) is 6. The van der Waals surface area contributed by atoms with Crippen molar-refractivity contribution >= 4 is 16.1 Å². The lowest BCUT2D eigenvalue weighted by atomic mass is 9.86. The van der Waals surface area contributed by atoms with Crippen LogP contribution in [0.5, 0.6) is 0 Å². The molecule has 0 aliphatic carbocycles. The minimum atomic E-state index is -6.31. The maximum absolute atomic E-state index is 13.3. The molecular formula is C12H14F6O6S. The van der Waals surface area contributed by atoms with Crippen LogP contribution in [0.15, 0.2) is 11.5 Å². The van der Waals surface area contributed by atoms with Crippen molar-refractivity contribution in [3.8, 4) is 0 Å². The summed E-state index contributed by atoms with van der Waals surface area (Å²) in [6, 6.07) is 0. The Labute approximate surface area is 138 Å². The van der Waals surface area contributed by atoms with Gasteiger partial charge in [-0.25, -0.2) is 4.79 Å². The fraction of sp³-hybridized carbons (Fsp3) is 0.750. The molecule has 2 atom stereocenters. The molecule has 0 radical (unpaired) electrons. The molecule has 1 aliphatic heterocycles. The summed E-state index contributed by atoms with van der Waals surface area (Å²) in [6.45, 7) is 2.54. The van der Waals surface area contributed by atoms with Crippen LogP contribution in [0, 0.1) is 5.92 Å². The van der Waals surface area contributed by atoms with Crippen LogP contribution in [0.3, 0.4) is 0 Å². The molecule has 0 N–H and O–H groups in total. The van der Waals surface area contributed by atoms with E-state index >= 15 is 0 Å². The Kier molecular flexibility index (Phi) is 5.62. The minimum absolute atomic E-state index is 0.343. The second kappa shape index (κ2) is 6.57. The monoisotopic (exact) mass is 400 g/mol. The lowest BCUT2D eigenvalue weighted by Crippen LogP contribution is -2.48.